The van der Waals surface area contributed by atoms with Crippen LogP contribution in [0.4, 0.5) is 0 Å². The van der Waals surface area contributed by atoms with Crippen LogP contribution < -0.4 is 4.74 Å². The molecule has 0 heterocycles. The minimum absolute atomic E-state index is 0.0414. The van der Waals surface area contributed by atoms with Crippen molar-refractivity contribution in [2.24, 2.45) is 11.8 Å². The van der Waals surface area contributed by atoms with Gasteiger partial charge in [-0.15, -0.1) is 0 Å². The predicted molar refractivity (Wildman–Crippen MR) is 125 cm³/mol. The molecule has 35 heavy (non-hydrogen) atoms. The van der Waals surface area contributed by atoms with Crippen LogP contribution in [0.3, 0.4) is 0 Å². The number of carbonyl (C=O) groups excluding carboxylic acids is 1. The number of ether oxygens (including phenoxy) is 2. The Kier molecular flexibility index (Phi) is 11.3. The van der Waals surface area contributed by atoms with Crippen molar-refractivity contribution < 1.29 is 44.0 Å². The van der Waals surface area contributed by atoms with Crippen molar-refractivity contribution in [2.75, 3.05) is 6.61 Å². The molecule has 2 unspecified atom stereocenters. The minimum atomic E-state index is -1.19. The molecular formula is C26H30O9. The lowest BCUT2D eigenvalue weighted by molar-refractivity contribution is -0.149. The predicted octanol–water partition coefficient (Wildman–Crippen LogP) is 3.79. The minimum Gasteiger partial charge on any atom is -0.482 e. The quantitative estimate of drug-likeness (QED) is 0.301. The highest BCUT2D eigenvalue weighted by molar-refractivity contribution is 5.77. The van der Waals surface area contributed by atoms with Crippen molar-refractivity contribution in [3.8, 4) is 5.75 Å². The maximum Gasteiger partial charge on any atom is 0.344 e. The fourth-order valence-electron chi connectivity index (χ4n) is 3.71. The number of benzene rings is 2. The second kappa shape index (κ2) is 14.4. The van der Waals surface area contributed by atoms with Gasteiger partial charge in [0.25, 0.3) is 0 Å². The first-order chi connectivity index (χ1) is 16.7. The van der Waals surface area contributed by atoms with Crippen molar-refractivity contribution in [3.63, 3.8) is 0 Å². The number of rotatable bonds is 16. The first-order valence-corrected chi connectivity index (χ1v) is 11.3. The molecule has 0 saturated heterocycles. The number of hydrogen-bond donors (Lipinski definition) is 3. The summed E-state index contributed by atoms with van der Waals surface area (Å²) in [6, 6.07) is 16.2. The van der Waals surface area contributed by atoms with Crippen molar-refractivity contribution in [2.45, 2.75) is 45.1 Å². The standard InChI is InChI=1S/C26H30O9/c27-23(28)8-4-7-20(14-21(26(32)33)15-24(29)30)13-18-9-11-22(12-10-18)34-17-25(31)35-16-19-5-2-1-3-6-19/h1-3,5-6,9-12,20-21H,4,7-8,13-17H2,(H,27,28)(H,29,30)(H,32,33). The topological polar surface area (TPSA) is 147 Å². The molecule has 3 N–H and O–H groups in total. The van der Waals surface area contributed by atoms with Crippen LogP contribution >= 0.6 is 0 Å². The molecule has 0 bridgehead atoms. The van der Waals surface area contributed by atoms with E-state index in [1.54, 1.807) is 24.3 Å². The van der Waals surface area contributed by atoms with E-state index >= 15 is 0 Å². The van der Waals surface area contributed by atoms with Crippen molar-refractivity contribution >= 4 is 23.9 Å². The van der Waals surface area contributed by atoms with Crippen molar-refractivity contribution in [1.82, 2.24) is 0 Å². The second-order valence-corrected chi connectivity index (χ2v) is 8.30. The largest absolute Gasteiger partial charge is 0.482 e. The number of carbonyl (C=O) groups is 4. The van der Waals surface area contributed by atoms with Crippen LogP contribution in [0.5, 0.6) is 5.75 Å². The fourth-order valence-corrected chi connectivity index (χ4v) is 3.71. The molecule has 2 atom stereocenters. The Hall–Kier alpha value is -3.88. The van der Waals surface area contributed by atoms with Crippen LogP contribution in [0.15, 0.2) is 54.6 Å². The van der Waals surface area contributed by atoms with Gasteiger partial charge in [-0.2, -0.15) is 0 Å². The SMILES string of the molecule is O=C(O)CCCC(Cc1ccc(OCC(=O)OCc2ccccc2)cc1)CC(CC(=O)O)C(=O)O. The smallest absolute Gasteiger partial charge is 0.344 e. The molecule has 2 aromatic carbocycles. The van der Waals surface area contributed by atoms with E-state index in [1.165, 1.54) is 0 Å². The molecule has 0 radical (unpaired) electrons. The number of carboxylic acid groups (broad SMARTS) is 3. The van der Waals surface area contributed by atoms with E-state index in [9.17, 15) is 24.3 Å². The third-order valence-electron chi connectivity index (χ3n) is 5.44. The van der Waals surface area contributed by atoms with E-state index in [-0.39, 0.29) is 32.0 Å². The zero-order valence-electron chi connectivity index (χ0n) is 19.3. The summed E-state index contributed by atoms with van der Waals surface area (Å²) in [7, 11) is 0. The zero-order valence-corrected chi connectivity index (χ0v) is 19.3. The first-order valence-electron chi connectivity index (χ1n) is 11.3. The Morgan fingerprint density at radius 1 is 0.829 bits per heavy atom. The number of aliphatic carboxylic acids is 3. The van der Waals surface area contributed by atoms with Gasteiger partial charge >= 0.3 is 23.9 Å². The average Bonchev–Trinajstić information content (AvgIpc) is 2.82. The van der Waals surface area contributed by atoms with Gasteiger partial charge in [0, 0.05) is 6.42 Å². The lowest BCUT2D eigenvalue weighted by Crippen LogP contribution is -2.22. The Bertz CT molecular complexity index is 970. The molecule has 0 saturated carbocycles. The summed E-state index contributed by atoms with van der Waals surface area (Å²) in [5.74, 6) is -4.60. The summed E-state index contributed by atoms with van der Waals surface area (Å²) < 4.78 is 10.6. The van der Waals surface area contributed by atoms with Gasteiger partial charge in [0.05, 0.1) is 12.3 Å². The molecule has 0 amide bonds. The maximum atomic E-state index is 11.9. The molecule has 0 aromatic heterocycles. The summed E-state index contributed by atoms with van der Waals surface area (Å²) in [6.07, 6.45) is 0.889. The van der Waals surface area contributed by atoms with Crippen molar-refractivity contribution in [3.05, 3.63) is 65.7 Å². The Balaban J connectivity index is 1.90. The molecule has 0 fully saturated rings. The summed E-state index contributed by atoms with van der Waals surface area (Å²) in [4.78, 5) is 45.3. The zero-order chi connectivity index (χ0) is 25.6. The van der Waals surface area contributed by atoms with Gasteiger partial charge in [0.15, 0.2) is 6.61 Å². The van der Waals surface area contributed by atoms with Gasteiger partial charge in [-0.25, -0.2) is 4.79 Å². The normalized spacial score (nSPS) is 12.3. The molecule has 0 spiro atoms. The molecular weight excluding hydrogens is 456 g/mol. The monoisotopic (exact) mass is 486 g/mol. The molecule has 2 rings (SSSR count). The highest BCUT2D eigenvalue weighted by Gasteiger charge is 2.25. The molecule has 2 aromatic rings. The molecule has 188 valence electrons. The molecule has 9 nitrogen and oxygen atoms in total. The first kappa shape index (κ1) is 27.4. The van der Waals surface area contributed by atoms with Gasteiger partial charge in [-0.05, 0) is 54.9 Å². The van der Waals surface area contributed by atoms with E-state index in [0.717, 1.165) is 11.1 Å². The van der Waals surface area contributed by atoms with E-state index in [4.69, 9.17) is 19.7 Å². The Labute approximate surface area is 203 Å². The van der Waals surface area contributed by atoms with E-state index in [1.807, 2.05) is 30.3 Å². The third kappa shape index (κ3) is 11.2. The second-order valence-electron chi connectivity index (χ2n) is 8.30. The summed E-state index contributed by atoms with van der Waals surface area (Å²) >= 11 is 0. The number of hydrogen-bond acceptors (Lipinski definition) is 6. The Morgan fingerprint density at radius 2 is 1.51 bits per heavy atom. The summed E-state index contributed by atoms with van der Waals surface area (Å²) in [5, 5.41) is 27.3. The van der Waals surface area contributed by atoms with Crippen LogP contribution in [-0.4, -0.2) is 45.8 Å². The lowest BCUT2D eigenvalue weighted by atomic mass is 9.84. The summed E-state index contributed by atoms with van der Waals surface area (Å²) in [6.45, 7) is -0.0933. The number of carboxylic acids is 3. The molecule has 9 heteroatoms. The van der Waals surface area contributed by atoms with Crippen LogP contribution in [-0.2, 0) is 36.9 Å². The van der Waals surface area contributed by atoms with E-state index in [2.05, 4.69) is 0 Å². The van der Waals surface area contributed by atoms with Gasteiger partial charge in [0.2, 0.25) is 0 Å². The van der Waals surface area contributed by atoms with Crippen molar-refractivity contribution in [1.29, 1.82) is 0 Å². The molecule has 0 aliphatic rings. The van der Waals surface area contributed by atoms with Gasteiger partial charge in [0.1, 0.15) is 12.4 Å². The van der Waals surface area contributed by atoms with Crippen LogP contribution in [0.1, 0.15) is 43.2 Å². The highest BCUT2D eigenvalue weighted by Crippen LogP contribution is 2.26. The lowest BCUT2D eigenvalue weighted by Gasteiger charge is -2.20. The number of esters is 1. The molecule has 0 aliphatic heterocycles. The van der Waals surface area contributed by atoms with Gasteiger partial charge < -0.3 is 24.8 Å². The fraction of sp³-hybridized carbons (Fsp3) is 0.385. The Morgan fingerprint density at radius 3 is 2.11 bits per heavy atom. The van der Waals surface area contributed by atoms with Gasteiger partial charge in [-0.3, -0.25) is 14.4 Å². The van der Waals surface area contributed by atoms with Crippen LogP contribution in [0.25, 0.3) is 0 Å². The summed E-state index contributed by atoms with van der Waals surface area (Å²) in [5.41, 5.74) is 1.74. The third-order valence-corrected chi connectivity index (χ3v) is 5.44. The van der Waals surface area contributed by atoms with Gasteiger partial charge in [-0.1, -0.05) is 42.5 Å². The average molecular weight is 487 g/mol. The molecule has 0 aliphatic carbocycles. The van der Waals surface area contributed by atoms with Crippen LogP contribution in [0.2, 0.25) is 0 Å². The highest BCUT2D eigenvalue weighted by atomic mass is 16.6. The maximum absolute atomic E-state index is 11.9. The van der Waals surface area contributed by atoms with E-state index < -0.39 is 36.2 Å². The van der Waals surface area contributed by atoms with E-state index in [0.29, 0.717) is 25.0 Å². The van der Waals surface area contributed by atoms with Crippen LogP contribution in [0, 0.1) is 11.8 Å².